The minimum absolute atomic E-state index is 0.172. The van der Waals surface area contributed by atoms with E-state index in [0.717, 1.165) is 17.0 Å². The van der Waals surface area contributed by atoms with Gasteiger partial charge in [-0.15, -0.1) is 0 Å². The first kappa shape index (κ1) is 12.9. The number of imide groups is 1. The molecule has 4 aliphatic rings. The van der Waals surface area contributed by atoms with Crippen LogP contribution in [0.4, 0.5) is 0 Å². The van der Waals surface area contributed by atoms with Crippen LogP contribution in [0.2, 0.25) is 0 Å². The van der Waals surface area contributed by atoms with Gasteiger partial charge in [0, 0.05) is 0 Å². The molecule has 2 aliphatic heterocycles. The Morgan fingerprint density at radius 3 is 2.48 bits per heavy atom. The molecule has 23 heavy (non-hydrogen) atoms. The van der Waals surface area contributed by atoms with Gasteiger partial charge in [0.05, 0.1) is 18.1 Å². The van der Waals surface area contributed by atoms with Gasteiger partial charge in [-0.2, -0.15) is 10.1 Å². The van der Waals surface area contributed by atoms with Crippen molar-refractivity contribution in [2.75, 3.05) is 6.79 Å². The molecule has 2 fully saturated rings. The van der Waals surface area contributed by atoms with Crippen molar-refractivity contribution < 1.29 is 19.1 Å². The molecule has 4 atom stereocenters. The number of nitrogens with zero attached hydrogens (tertiary/aromatic N) is 2. The van der Waals surface area contributed by atoms with Gasteiger partial charge in [0.25, 0.3) is 11.8 Å². The lowest BCUT2D eigenvalue weighted by Crippen LogP contribution is -2.28. The van der Waals surface area contributed by atoms with Gasteiger partial charge in [-0.25, -0.2) is 0 Å². The lowest BCUT2D eigenvalue weighted by atomic mass is 9.85. The second kappa shape index (κ2) is 4.44. The molecule has 0 N–H and O–H groups in total. The lowest BCUT2D eigenvalue weighted by Gasteiger charge is -2.13. The Balaban J connectivity index is 1.41. The van der Waals surface area contributed by atoms with Crippen LogP contribution in [0.25, 0.3) is 0 Å². The van der Waals surface area contributed by atoms with Gasteiger partial charge in [0.1, 0.15) is 0 Å². The zero-order chi connectivity index (χ0) is 15.6. The Labute approximate surface area is 132 Å². The first-order chi connectivity index (χ1) is 11.2. The van der Waals surface area contributed by atoms with E-state index in [-0.39, 0.29) is 42.3 Å². The molecule has 1 saturated carbocycles. The predicted molar refractivity (Wildman–Crippen MR) is 79.7 cm³/mol. The SMILES string of the molecule is O=C1[C@@H]2[C@H](C(=O)N1/N=C\c1ccc3c(c1)OCO3)[C@@H]1C=C[C@H]2C1. The van der Waals surface area contributed by atoms with E-state index in [1.165, 1.54) is 6.21 Å². The number of allylic oxidation sites excluding steroid dienone is 2. The second-order valence-electron chi connectivity index (χ2n) is 6.35. The van der Waals surface area contributed by atoms with Crippen LogP contribution < -0.4 is 9.47 Å². The number of hydrogen-bond acceptors (Lipinski definition) is 5. The standard InChI is InChI=1S/C17H14N2O4/c20-16-14-10-2-3-11(6-10)15(14)17(21)19(16)18-7-9-1-4-12-13(5-9)23-8-22-12/h1-5,7,10-11,14-15H,6,8H2/b18-7-/t10-,11+,14-,15+. The van der Waals surface area contributed by atoms with Gasteiger partial charge >= 0.3 is 0 Å². The molecule has 116 valence electrons. The summed E-state index contributed by atoms with van der Waals surface area (Å²) >= 11 is 0. The molecule has 2 amide bonds. The van der Waals surface area contributed by atoms with Crippen LogP contribution in [0.1, 0.15) is 12.0 Å². The van der Waals surface area contributed by atoms with E-state index >= 15 is 0 Å². The lowest BCUT2D eigenvalue weighted by molar-refractivity contribution is -0.140. The number of ether oxygens (including phenoxy) is 2. The topological polar surface area (TPSA) is 68.2 Å². The summed E-state index contributed by atoms with van der Waals surface area (Å²) in [4.78, 5) is 25.0. The summed E-state index contributed by atoms with van der Waals surface area (Å²) in [6.45, 7) is 0.207. The Morgan fingerprint density at radius 2 is 1.74 bits per heavy atom. The highest BCUT2D eigenvalue weighted by Gasteiger charge is 2.59. The Hall–Kier alpha value is -2.63. The van der Waals surface area contributed by atoms with Crippen LogP contribution in [0, 0.1) is 23.7 Å². The summed E-state index contributed by atoms with van der Waals surface area (Å²) in [5.41, 5.74) is 0.757. The number of hydrogen-bond donors (Lipinski definition) is 0. The molecule has 1 saturated heterocycles. The van der Waals surface area contributed by atoms with Gasteiger partial charge in [0.15, 0.2) is 11.5 Å². The van der Waals surface area contributed by atoms with Crippen molar-refractivity contribution in [3.8, 4) is 11.5 Å². The van der Waals surface area contributed by atoms with Crippen LogP contribution in [-0.4, -0.2) is 29.8 Å². The highest BCUT2D eigenvalue weighted by Crippen LogP contribution is 2.52. The number of hydrazone groups is 1. The molecule has 1 aromatic carbocycles. The van der Waals surface area contributed by atoms with Crippen molar-refractivity contribution in [2.24, 2.45) is 28.8 Å². The predicted octanol–water partition coefficient (Wildman–Crippen LogP) is 1.56. The van der Waals surface area contributed by atoms with Gasteiger partial charge < -0.3 is 9.47 Å². The summed E-state index contributed by atoms with van der Waals surface area (Å²) in [6, 6.07) is 5.38. The second-order valence-corrected chi connectivity index (χ2v) is 6.35. The fraction of sp³-hybridized carbons (Fsp3) is 0.353. The minimum atomic E-state index is -0.216. The van der Waals surface area contributed by atoms with Crippen LogP contribution in [-0.2, 0) is 9.59 Å². The summed E-state index contributed by atoms with van der Waals surface area (Å²) in [7, 11) is 0. The molecule has 1 aromatic rings. The number of carbonyl (C=O) groups excluding carboxylic acids is 2. The van der Waals surface area contributed by atoms with Crippen molar-refractivity contribution >= 4 is 18.0 Å². The van der Waals surface area contributed by atoms with Gasteiger partial charge in [0.2, 0.25) is 6.79 Å². The highest BCUT2D eigenvalue weighted by atomic mass is 16.7. The van der Waals surface area contributed by atoms with Crippen molar-refractivity contribution in [1.29, 1.82) is 0 Å². The van der Waals surface area contributed by atoms with Crippen molar-refractivity contribution in [3.63, 3.8) is 0 Å². The van der Waals surface area contributed by atoms with Gasteiger partial charge in [-0.05, 0) is 42.0 Å². The molecule has 5 rings (SSSR count). The van der Waals surface area contributed by atoms with Crippen LogP contribution in [0.15, 0.2) is 35.5 Å². The maximum absolute atomic E-state index is 12.5. The largest absolute Gasteiger partial charge is 0.454 e. The third-order valence-corrected chi connectivity index (χ3v) is 5.17. The van der Waals surface area contributed by atoms with E-state index in [1.54, 1.807) is 12.1 Å². The molecule has 0 spiro atoms. The summed E-state index contributed by atoms with van der Waals surface area (Å²) in [5, 5.41) is 5.19. The van der Waals surface area contributed by atoms with Crippen LogP contribution in [0.3, 0.4) is 0 Å². The van der Waals surface area contributed by atoms with E-state index < -0.39 is 0 Å². The molecule has 2 heterocycles. The first-order valence-electron chi connectivity index (χ1n) is 7.72. The number of benzene rings is 1. The number of rotatable bonds is 2. The van der Waals surface area contributed by atoms with E-state index in [2.05, 4.69) is 17.3 Å². The fourth-order valence-corrected chi connectivity index (χ4v) is 4.12. The van der Waals surface area contributed by atoms with Crippen molar-refractivity contribution in [2.45, 2.75) is 6.42 Å². The minimum Gasteiger partial charge on any atom is -0.454 e. The number of fused-ring (bicyclic) bond motifs is 6. The summed E-state index contributed by atoms with van der Waals surface area (Å²) in [5.74, 6) is 0.958. The van der Waals surface area contributed by atoms with E-state index in [0.29, 0.717) is 11.5 Å². The fourth-order valence-electron chi connectivity index (χ4n) is 4.12. The van der Waals surface area contributed by atoms with Gasteiger partial charge in [-0.3, -0.25) is 9.59 Å². The molecule has 0 unspecified atom stereocenters. The average molecular weight is 310 g/mol. The maximum atomic E-state index is 12.5. The zero-order valence-electron chi connectivity index (χ0n) is 12.2. The van der Waals surface area contributed by atoms with Crippen molar-refractivity contribution in [1.82, 2.24) is 5.01 Å². The monoisotopic (exact) mass is 310 g/mol. The van der Waals surface area contributed by atoms with Crippen molar-refractivity contribution in [3.05, 3.63) is 35.9 Å². The molecular formula is C17H14N2O4. The van der Waals surface area contributed by atoms with E-state index in [4.69, 9.17) is 9.47 Å². The summed E-state index contributed by atoms with van der Waals surface area (Å²) in [6.07, 6.45) is 6.59. The molecule has 6 heteroatoms. The molecule has 0 radical (unpaired) electrons. The maximum Gasteiger partial charge on any atom is 0.254 e. The first-order valence-corrected chi connectivity index (χ1v) is 7.72. The third-order valence-electron chi connectivity index (χ3n) is 5.17. The van der Waals surface area contributed by atoms with Gasteiger partial charge in [-0.1, -0.05) is 12.2 Å². The smallest absolute Gasteiger partial charge is 0.254 e. The summed E-state index contributed by atoms with van der Waals surface area (Å²) < 4.78 is 10.6. The Kier molecular flexibility index (Phi) is 2.48. The van der Waals surface area contributed by atoms with E-state index in [9.17, 15) is 9.59 Å². The number of amides is 2. The Bertz CT molecular complexity index is 755. The third kappa shape index (κ3) is 1.72. The molecule has 0 aromatic heterocycles. The number of carbonyl (C=O) groups is 2. The molecule has 6 nitrogen and oxygen atoms in total. The highest BCUT2D eigenvalue weighted by molar-refractivity contribution is 6.06. The average Bonchev–Trinajstić information content (AvgIpc) is 3.30. The zero-order valence-corrected chi connectivity index (χ0v) is 12.2. The quantitative estimate of drug-likeness (QED) is 0.472. The molecular weight excluding hydrogens is 296 g/mol. The van der Waals surface area contributed by atoms with Crippen LogP contribution >= 0.6 is 0 Å². The van der Waals surface area contributed by atoms with Crippen LogP contribution in [0.5, 0.6) is 11.5 Å². The molecule has 2 bridgehead atoms. The van der Waals surface area contributed by atoms with E-state index in [1.807, 2.05) is 6.07 Å². The Morgan fingerprint density at radius 1 is 1.04 bits per heavy atom. The normalized spacial score (nSPS) is 33.3. The molecule has 2 aliphatic carbocycles.